The number of phosphoric ester groups is 1. The van der Waals surface area contributed by atoms with Gasteiger partial charge in [-0.15, -0.1) is 0 Å². The van der Waals surface area contributed by atoms with E-state index in [0.717, 1.165) is 44.9 Å². The van der Waals surface area contributed by atoms with Crippen LogP contribution in [0.5, 0.6) is 0 Å². The summed E-state index contributed by atoms with van der Waals surface area (Å²) < 4.78 is 34.9. The minimum absolute atomic E-state index is 0.0367. The molecule has 0 spiro atoms. The van der Waals surface area contributed by atoms with Crippen molar-refractivity contribution in [1.82, 2.24) is 0 Å². The lowest BCUT2D eigenvalue weighted by atomic mass is 10.0. The number of phosphoric acid groups is 1. The molecule has 1 N–H and O–H groups in total. The Kier molecular flexibility index (Phi) is 82.3. The van der Waals surface area contributed by atoms with Gasteiger partial charge in [0.25, 0.3) is 0 Å². The molecule has 0 amide bonds. The number of carbonyl (C=O) groups excluding carboxylic acids is 2. The zero-order valence-corrected chi connectivity index (χ0v) is 70.5. The van der Waals surface area contributed by atoms with Gasteiger partial charge < -0.3 is 18.9 Å². The standard InChI is InChI=1S/C92H180NO8P/c1-6-8-10-12-14-16-18-20-22-24-26-28-30-32-34-36-38-40-42-44-46-48-50-52-54-56-58-60-62-64-66-68-70-72-74-76-78-80-82-84-91(94)98-88-90(89-100-102(96,97)99-87-86-93(3,4)5)101-92(95)85-83-81-79-77-75-73-71-69-67-65-63-61-59-57-55-53-51-49-47-45-43-41-39-37-35-33-31-29-27-25-23-21-19-17-15-13-11-9-7-2/h19,21,25,27,90H,6-18,20,22-24,26,28-89H2,1-5H3/p+1/b21-19-,27-25-. The molecule has 0 aromatic rings. The van der Waals surface area contributed by atoms with E-state index in [1.165, 1.54) is 430 Å². The Hall–Kier alpha value is -1.51. The average molecular weight is 1460 g/mol. The van der Waals surface area contributed by atoms with Crippen LogP contribution in [0, 0.1) is 0 Å². The van der Waals surface area contributed by atoms with Gasteiger partial charge in [-0.25, -0.2) is 4.57 Å². The van der Waals surface area contributed by atoms with Gasteiger partial charge in [-0.3, -0.25) is 18.6 Å². The van der Waals surface area contributed by atoms with Crippen molar-refractivity contribution >= 4 is 19.8 Å². The Bertz CT molecular complexity index is 1770. The third-order valence-corrected chi connectivity index (χ3v) is 22.5. The van der Waals surface area contributed by atoms with Crippen molar-refractivity contribution in [2.24, 2.45) is 0 Å². The maximum atomic E-state index is 13.0. The number of allylic oxidation sites excluding steroid dienone is 4. The summed E-state index contributed by atoms with van der Waals surface area (Å²) in [6, 6.07) is 0. The van der Waals surface area contributed by atoms with Crippen LogP contribution in [0.4, 0.5) is 0 Å². The van der Waals surface area contributed by atoms with Crippen LogP contribution in [-0.2, 0) is 32.7 Å². The molecular weight excluding hydrogens is 1280 g/mol. The molecule has 0 aliphatic carbocycles. The molecule has 0 saturated heterocycles. The molecule has 0 heterocycles. The maximum Gasteiger partial charge on any atom is 0.472 e. The minimum atomic E-state index is -4.39. The highest BCUT2D eigenvalue weighted by atomic mass is 31.2. The van der Waals surface area contributed by atoms with E-state index in [1.807, 2.05) is 21.1 Å². The summed E-state index contributed by atoms with van der Waals surface area (Å²) in [4.78, 5) is 36.1. The van der Waals surface area contributed by atoms with Crippen LogP contribution in [-0.4, -0.2) is 74.9 Å². The Labute approximate surface area is 638 Å². The molecule has 0 aliphatic rings. The van der Waals surface area contributed by atoms with E-state index in [4.69, 9.17) is 18.5 Å². The summed E-state index contributed by atoms with van der Waals surface area (Å²) in [6.45, 7) is 4.53. The highest BCUT2D eigenvalue weighted by Crippen LogP contribution is 2.43. The third kappa shape index (κ3) is 87.4. The lowest BCUT2D eigenvalue weighted by molar-refractivity contribution is -0.870. The van der Waals surface area contributed by atoms with Crippen LogP contribution in [0.3, 0.4) is 0 Å². The van der Waals surface area contributed by atoms with Gasteiger partial charge in [-0.1, -0.05) is 468 Å². The van der Waals surface area contributed by atoms with E-state index in [1.54, 1.807) is 0 Å². The summed E-state index contributed by atoms with van der Waals surface area (Å²) >= 11 is 0. The molecule has 9 nitrogen and oxygen atoms in total. The van der Waals surface area contributed by atoms with Gasteiger partial charge in [0.1, 0.15) is 19.8 Å². The monoisotopic (exact) mass is 1460 g/mol. The average Bonchev–Trinajstić information content (AvgIpc) is 0.914. The number of nitrogens with zero attached hydrogens (tertiary/aromatic N) is 1. The van der Waals surface area contributed by atoms with E-state index >= 15 is 0 Å². The largest absolute Gasteiger partial charge is 0.472 e. The summed E-state index contributed by atoms with van der Waals surface area (Å²) in [5.74, 6) is -0.764. The fourth-order valence-electron chi connectivity index (χ4n) is 14.5. The molecule has 2 atom stereocenters. The highest BCUT2D eigenvalue weighted by Gasteiger charge is 2.27. The molecule has 606 valence electrons. The number of quaternary nitrogens is 1. The van der Waals surface area contributed by atoms with Crippen LogP contribution < -0.4 is 0 Å². The fraction of sp³-hybridized carbons (Fsp3) is 0.935. The first-order valence-corrected chi connectivity index (χ1v) is 47.6. The molecule has 0 saturated carbocycles. The molecule has 0 radical (unpaired) electrons. The van der Waals surface area contributed by atoms with Crippen molar-refractivity contribution < 1.29 is 42.1 Å². The lowest BCUT2D eigenvalue weighted by Gasteiger charge is -2.24. The summed E-state index contributed by atoms with van der Waals surface area (Å²) in [5.41, 5.74) is 0. The van der Waals surface area contributed by atoms with Crippen LogP contribution in [0.15, 0.2) is 24.3 Å². The number of rotatable bonds is 88. The second-order valence-electron chi connectivity index (χ2n) is 33.1. The molecule has 0 aliphatic heterocycles. The number of esters is 2. The van der Waals surface area contributed by atoms with E-state index in [9.17, 15) is 19.0 Å². The van der Waals surface area contributed by atoms with E-state index in [-0.39, 0.29) is 25.6 Å². The number of hydrogen-bond acceptors (Lipinski definition) is 7. The SMILES string of the molecule is CCCCCCC/C=C\C/C=C\CCCCCCCCCCCCCCCCCCCCCCCCCCCCCC(=O)OC(COC(=O)CCCCCCCCCCCCCCCCCCCCCCCCCCCCCCCCCCCCCCCCC)COP(=O)(O)OCC[N+](C)(C)C. The number of hydrogen-bond donors (Lipinski definition) is 1. The van der Waals surface area contributed by atoms with Crippen molar-refractivity contribution in [3.63, 3.8) is 0 Å². The van der Waals surface area contributed by atoms with Gasteiger partial charge in [-0.2, -0.15) is 0 Å². The van der Waals surface area contributed by atoms with Gasteiger partial charge >= 0.3 is 19.8 Å². The molecule has 0 bridgehead atoms. The van der Waals surface area contributed by atoms with Gasteiger partial charge in [0.05, 0.1) is 27.7 Å². The van der Waals surface area contributed by atoms with Gasteiger partial charge in [0, 0.05) is 12.8 Å². The minimum Gasteiger partial charge on any atom is -0.462 e. The number of unbranched alkanes of at least 4 members (excludes halogenated alkanes) is 70. The summed E-state index contributed by atoms with van der Waals surface area (Å²) in [5, 5.41) is 0. The second-order valence-corrected chi connectivity index (χ2v) is 34.5. The number of ether oxygens (including phenoxy) is 2. The zero-order valence-electron chi connectivity index (χ0n) is 69.7. The lowest BCUT2D eigenvalue weighted by Crippen LogP contribution is -2.37. The Morgan fingerprint density at radius 3 is 0.775 bits per heavy atom. The van der Waals surface area contributed by atoms with Crippen LogP contribution in [0.2, 0.25) is 0 Å². The topological polar surface area (TPSA) is 108 Å². The predicted octanol–water partition coefficient (Wildman–Crippen LogP) is 31.1. The molecule has 10 heteroatoms. The molecule has 0 aromatic heterocycles. The first kappa shape index (κ1) is 100. The van der Waals surface area contributed by atoms with Crippen LogP contribution in [0.25, 0.3) is 0 Å². The predicted molar refractivity (Wildman–Crippen MR) is 446 cm³/mol. The van der Waals surface area contributed by atoms with Crippen molar-refractivity contribution in [3.8, 4) is 0 Å². The highest BCUT2D eigenvalue weighted by molar-refractivity contribution is 7.47. The smallest absolute Gasteiger partial charge is 0.462 e. The van der Waals surface area contributed by atoms with E-state index < -0.39 is 26.5 Å². The molecule has 0 fully saturated rings. The van der Waals surface area contributed by atoms with Crippen molar-refractivity contribution in [2.45, 2.75) is 508 Å². The van der Waals surface area contributed by atoms with Crippen molar-refractivity contribution in [1.29, 1.82) is 0 Å². The summed E-state index contributed by atoms with van der Waals surface area (Å²) in [6.07, 6.45) is 110. The Balaban J connectivity index is 3.81. The Morgan fingerprint density at radius 2 is 0.529 bits per heavy atom. The molecule has 2 unspecified atom stereocenters. The quantitative estimate of drug-likeness (QED) is 0.0211. The number of carbonyl (C=O) groups is 2. The van der Waals surface area contributed by atoms with Crippen LogP contribution >= 0.6 is 7.82 Å². The van der Waals surface area contributed by atoms with E-state index in [2.05, 4.69) is 38.2 Å². The first-order chi connectivity index (χ1) is 50.0. The summed E-state index contributed by atoms with van der Waals surface area (Å²) in [7, 11) is 1.51. The third-order valence-electron chi connectivity index (χ3n) is 21.5. The van der Waals surface area contributed by atoms with Gasteiger partial charge in [0.15, 0.2) is 6.10 Å². The fourth-order valence-corrected chi connectivity index (χ4v) is 15.2. The van der Waals surface area contributed by atoms with E-state index in [0.29, 0.717) is 17.4 Å². The van der Waals surface area contributed by atoms with Crippen LogP contribution in [0.1, 0.15) is 502 Å². The van der Waals surface area contributed by atoms with Gasteiger partial charge in [-0.05, 0) is 44.9 Å². The number of likely N-dealkylation sites (N-methyl/N-ethyl adjacent to an activating group) is 1. The van der Waals surface area contributed by atoms with Gasteiger partial charge in [0.2, 0.25) is 0 Å². The molecular formula is C92H181NO8P+. The van der Waals surface area contributed by atoms with Crippen molar-refractivity contribution in [2.75, 3.05) is 47.5 Å². The zero-order chi connectivity index (χ0) is 74.0. The maximum absolute atomic E-state index is 13.0. The molecule has 0 aromatic carbocycles. The molecule has 0 rings (SSSR count). The normalized spacial score (nSPS) is 13.0. The second kappa shape index (κ2) is 83.5. The Morgan fingerprint density at radius 1 is 0.304 bits per heavy atom. The molecule has 102 heavy (non-hydrogen) atoms. The first-order valence-electron chi connectivity index (χ1n) is 46.1. The van der Waals surface area contributed by atoms with Crippen molar-refractivity contribution in [3.05, 3.63) is 24.3 Å².